The van der Waals surface area contributed by atoms with Crippen molar-refractivity contribution < 1.29 is 27.4 Å². The molecule has 0 radical (unpaired) electrons. The van der Waals surface area contributed by atoms with E-state index in [1.165, 1.54) is 17.4 Å². The molecule has 0 saturated heterocycles. The molecular weight excluding hydrogens is 402 g/mol. The highest BCUT2D eigenvalue weighted by atomic mass is 32.2. The number of thiazole rings is 1. The Bertz CT molecular complexity index is 980. The summed E-state index contributed by atoms with van der Waals surface area (Å²) in [5.74, 6) is 0.496. The summed E-state index contributed by atoms with van der Waals surface area (Å²) in [5, 5.41) is 3.76. The molecule has 9 heteroatoms. The minimum atomic E-state index is -3.17. The maximum atomic E-state index is 11.9. The summed E-state index contributed by atoms with van der Waals surface area (Å²) in [6, 6.07) is 5.59. The van der Waals surface area contributed by atoms with E-state index in [0.29, 0.717) is 23.8 Å². The first-order chi connectivity index (χ1) is 13.4. The van der Waals surface area contributed by atoms with E-state index in [1.807, 2.05) is 30.5 Å². The number of ether oxygens (including phenoxy) is 3. The third-order valence-corrected chi connectivity index (χ3v) is 6.48. The van der Waals surface area contributed by atoms with Crippen LogP contribution in [0.5, 0.6) is 11.5 Å². The van der Waals surface area contributed by atoms with Crippen molar-refractivity contribution in [2.75, 3.05) is 19.5 Å². The quantitative estimate of drug-likeness (QED) is 0.602. The van der Waals surface area contributed by atoms with Crippen molar-refractivity contribution in [2.24, 2.45) is 5.92 Å². The van der Waals surface area contributed by atoms with Gasteiger partial charge in [0.15, 0.2) is 21.3 Å². The lowest BCUT2D eigenvalue weighted by molar-refractivity contribution is -0.145. The highest BCUT2D eigenvalue weighted by Crippen LogP contribution is 2.34. The van der Waals surface area contributed by atoms with Crippen molar-refractivity contribution >= 4 is 27.1 Å². The molecule has 0 aliphatic carbocycles. The van der Waals surface area contributed by atoms with Crippen molar-refractivity contribution in [3.05, 3.63) is 40.8 Å². The number of rotatable bonds is 8. The number of carbonyl (C=O) groups excluding carboxylic acids is 1. The smallest absolute Gasteiger partial charge is 0.306 e. The fraction of sp³-hybridized carbons (Fsp3) is 0.368. The molecule has 2 aromatic rings. The van der Waals surface area contributed by atoms with E-state index < -0.39 is 15.8 Å². The number of nitrogens with zero attached hydrogens (tertiary/aromatic N) is 1. The fourth-order valence-corrected chi connectivity index (χ4v) is 4.98. The van der Waals surface area contributed by atoms with Crippen LogP contribution in [0.25, 0.3) is 10.6 Å². The third-order valence-electron chi connectivity index (χ3n) is 4.08. The highest BCUT2D eigenvalue weighted by Gasteiger charge is 2.24. The van der Waals surface area contributed by atoms with Gasteiger partial charge < -0.3 is 14.2 Å². The predicted octanol–water partition coefficient (Wildman–Crippen LogP) is 3.21. The largest absolute Gasteiger partial charge is 0.493 e. The standard InChI is InChI=1S/C19H21NO6S2/c1-3-25-16-5-4-14(9-17(16)24-2)19-20-15(11-27-19)10-26-18(21)8-13-6-7-28(22,23)12-13/h4-7,9,11,13H,3,8,10,12H2,1-2H3. The summed E-state index contributed by atoms with van der Waals surface area (Å²) in [5.41, 5.74) is 1.51. The molecule has 7 nitrogen and oxygen atoms in total. The molecule has 0 saturated carbocycles. The van der Waals surface area contributed by atoms with Crippen LogP contribution < -0.4 is 9.47 Å². The second-order valence-electron chi connectivity index (χ2n) is 6.23. The van der Waals surface area contributed by atoms with Gasteiger partial charge in [0, 0.05) is 22.3 Å². The van der Waals surface area contributed by atoms with Crippen LogP contribution in [-0.4, -0.2) is 38.8 Å². The highest BCUT2D eigenvalue weighted by molar-refractivity contribution is 7.94. The van der Waals surface area contributed by atoms with Gasteiger partial charge in [0.2, 0.25) is 0 Å². The Balaban J connectivity index is 1.58. The van der Waals surface area contributed by atoms with E-state index in [-0.39, 0.29) is 24.7 Å². The fourth-order valence-electron chi connectivity index (χ4n) is 2.78. The molecule has 0 bridgehead atoms. The number of aromatic nitrogens is 1. The predicted molar refractivity (Wildman–Crippen MR) is 106 cm³/mol. The van der Waals surface area contributed by atoms with E-state index in [0.717, 1.165) is 16.0 Å². The van der Waals surface area contributed by atoms with Gasteiger partial charge in [-0.15, -0.1) is 11.3 Å². The van der Waals surface area contributed by atoms with Gasteiger partial charge in [-0.1, -0.05) is 6.08 Å². The number of hydrogen-bond donors (Lipinski definition) is 0. The zero-order valence-electron chi connectivity index (χ0n) is 15.6. The molecule has 2 heterocycles. The van der Waals surface area contributed by atoms with Crippen LogP contribution in [0.15, 0.2) is 35.1 Å². The first-order valence-corrected chi connectivity index (χ1v) is 11.3. The minimum Gasteiger partial charge on any atom is -0.493 e. The SMILES string of the molecule is CCOc1ccc(-c2nc(COC(=O)CC3C=CS(=O)(=O)C3)cs2)cc1OC. The summed E-state index contributed by atoms with van der Waals surface area (Å²) >= 11 is 1.44. The molecule has 1 atom stereocenters. The van der Waals surface area contributed by atoms with Crippen molar-refractivity contribution in [1.29, 1.82) is 0 Å². The van der Waals surface area contributed by atoms with Crippen LogP contribution in [0.3, 0.4) is 0 Å². The lowest BCUT2D eigenvalue weighted by Gasteiger charge is -2.10. The Morgan fingerprint density at radius 2 is 2.14 bits per heavy atom. The Kier molecular flexibility index (Phi) is 6.35. The normalized spacial score (nSPS) is 17.4. The van der Waals surface area contributed by atoms with Gasteiger partial charge in [-0.2, -0.15) is 0 Å². The van der Waals surface area contributed by atoms with E-state index in [9.17, 15) is 13.2 Å². The summed E-state index contributed by atoms with van der Waals surface area (Å²) in [6.07, 6.45) is 1.58. The van der Waals surface area contributed by atoms with Crippen molar-refractivity contribution in [2.45, 2.75) is 20.0 Å². The van der Waals surface area contributed by atoms with E-state index >= 15 is 0 Å². The number of esters is 1. The molecule has 0 spiro atoms. The van der Waals surface area contributed by atoms with Gasteiger partial charge in [-0.05, 0) is 25.1 Å². The Morgan fingerprint density at radius 1 is 1.32 bits per heavy atom. The summed E-state index contributed by atoms with van der Waals surface area (Å²) in [6.45, 7) is 2.50. The lowest BCUT2D eigenvalue weighted by Crippen LogP contribution is -2.13. The van der Waals surface area contributed by atoms with Crippen LogP contribution in [0.4, 0.5) is 0 Å². The average Bonchev–Trinajstić information content (AvgIpc) is 3.27. The Morgan fingerprint density at radius 3 is 2.82 bits per heavy atom. The lowest BCUT2D eigenvalue weighted by atomic mass is 10.1. The summed E-state index contributed by atoms with van der Waals surface area (Å²) in [7, 11) is -1.58. The average molecular weight is 424 g/mol. The molecule has 1 aromatic heterocycles. The maximum Gasteiger partial charge on any atom is 0.306 e. The van der Waals surface area contributed by atoms with Gasteiger partial charge in [-0.25, -0.2) is 13.4 Å². The van der Waals surface area contributed by atoms with E-state index in [1.54, 1.807) is 7.11 Å². The van der Waals surface area contributed by atoms with Crippen molar-refractivity contribution in [3.63, 3.8) is 0 Å². The molecule has 28 heavy (non-hydrogen) atoms. The zero-order chi connectivity index (χ0) is 20.1. The van der Waals surface area contributed by atoms with E-state index in [4.69, 9.17) is 14.2 Å². The molecular formula is C19H21NO6S2. The molecule has 1 aromatic carbocycles. The molecule has 0 amide bonds. The Hall–Kier alpha value is -2.39. The number of sulfone groups is 1. The van der Waals surface area contributed by atoms with Crippen molar-refractivity contribution in [1.82, 2.24) is 4.98 Å². The molecule has 1 aliphatic rings. The van der Waals surface area contributed by atoms with Crippen molar-refractivity contribution in [3.8, 4) is 22.1 Å². The first kappa shape index (κ1) is 20.3. The second-order valence-corrected chi connectivity index (χ2v) is 9.01. The number of carbonyl (C=O) groups is 1. The van der Waals surface area contributed by atoms with Crippen LogP contribution in [0, 0.1) is 5.92 Å². The Labute approximate surface area is 167 Å². The monoisotopic (exact) mass is 423 g/mol. The molecule has 0 N–H and O–H groups in total. The van der Waals surface area contributed by atoms with E-state index in [2.05, 4.69) is 4.98 Å². The van der Waals surface area contributed by atoms with Gasteiger partial charge in [0.05, 0.1) is 31.6 Å². The third kappa shape index (κ3) is 5.11. The molecule has 3 rings (SSSR count). The topological polar surface area (TPSA) is 91.8 Å². The molecule has 1 aliphatic heterocycles. The van der Waals surface area contributed by atoms with Crippen LogP contribution in [0.1, 0.15) is 19.0 Å². The molecule has 0 fully saturated rings. The maximum absolute atomic E-state index is 11.9. The van der Waals surface area contributed by atoms with Gasteiger partial charge in [-0.3, -0.25) is 4.79 Å². The molecule has 150 valence electrons. The number of methoxy groups -OCH3 is 1. The molecule has 1 unspecified atom stereocenters. The second kappa shape index (κ2) is 8.74. The number of benzene rings is 1. The van der Waals surface area contributed by atoms with Gasteiger partial charge in [0.1, 0.15) is 11.6 Å². The summed E-state index contributed by atoms with van der Waals surface area (Å²) in [4.78, 5) is 16.4. The zero-order valence-corrected chi connectivity index (χ0v) is 17.2. The van der Waals surface area contributed by atoms with Crippen LogP contribution in [-0.2, 0) is 26.0 Å². The first-order valence-electron chi connectivity index (χ1n) is 8.72. The number of hydrogen-bond acceptors (Lipinski definition) is 8. The van der Waals surface area contributed by atoms with Crippen LogP contribution in [0.2, 0.25) is 0 Å². The number of allylic oxidation sites excluding steroid dienone is 1. The minimum absolute atomic E-state index is 0.0392. The summed E-state index contributed by atoms with van der Waals surface area (Å²) < 4.78 is 38.9. The van der Waals surface area contributed by atoms with Crippen LogP contribution >= 0.6 is 11.3 Å². The van der Waals surface area contributed by atoms with Gasteiger partial charge in [0.25, 0.3) is 0 Å². The van der Waals surface area contributed by atoms with Gasteiger partial charge >= 0.3 is 5.97 Å².